The summed E-state index contributed by atoms with van der Waals surface area (Å²) in [6, 6.07) is 11.1. The number of piperidine rings is 2. The average Bonchev–Trinajstić information content (AvgIpc) is 3.95. The molecule has 5 amide bonds. The molecule has 0 bridgehead atoms. The molecule has 1 aliphatic carbocycles. The van der Waals surface area contributed by atoms with E-state index in [9.17, 15) is 24.0 Å². The van der Waals surface area contributed by atoms with Gasteiger partial charge in [-0.2, -0.15) is 4.98 Å². The van der Waals surface area contributed by atoms with E-state index in [1.54, 1.807) is 37.3 Å². The van der Waals surface area contributed by atoms with E-state index >= 15 is 0 Å². The lowest BCUT2D eigenvalue weighted by Gasteiger charge is -2.43. The summed E-state index contributed by atoms with van der Waals surface area (Å²) in [6.07, 6.45) is 10.4. The number of rotatable bonds is 9. The zero-order valence-corrected chi connectivity index (χ0v) is 33.0. The number of benzene rings is 1. The summed E-state index contributed by atoms with van der Waals surface area (Å²) in [4.78, 5) is 87.7. The summed E-state index contributed by atoms with van der Waals surface area (Å²) in [7, 11) is 3.55. The zero-order chi connectivity index (χ0) is 40.1. The second kappa shape index (κ2) is 15.5. The molecule has 1 unspecified atom stereocenters. The maximum absolute atomic E-state index is 13.3. The highest BCUT2D eigenvalue weighted by Crippen LogP contribution is 2.35. The summed E-state index contributed by atoms with van der Waals surface area (Å²) in [5, 5.41) is 6.38. The first-order valence-corrected chi connectivity index (χ1v) is 20.5. The highest BCUT2D eigenvalue weighted by Gasteiger charge is 2.44. The number of imide groups is 2. The molecule has 4 fully saturated rings. The van der Waals surface area contributed by atoms with E-state index in [4.69, 9.17) is 9.97 Å². The number of carbonyl (C=O) groups is 5. The van der Waals surface area contributed by atoms with Gasteiger partial charge in [0.2, 0.25) is 17.8 Å². The Morgan fingerprint density at radius 1 is 0.828 bits per heavy atom. The van der Waals surface area contributed by atoms with Crippen molar-refractivity contribution in [3.8, 4) is 0 Å². The van der Waals surface area contributed by atoms with Crippen molar-refractivity contribution in [3.63, 3.8) is 0 Å². The fourth-order valence-corrected chi connectivity index (χ4v) is 9.41. The van der Waals surface area contributed by atoms with Crippen LogP contribution in [0.15, 0.2) is 48.8 Å². The van der Waals surface area contributed by atoms with Gasteiger partial charge in [-0.1, -0.05) is 18.9 Å². The van der Waals surface area contributed by atoms with Crippen molar-refractivity contribution in [3.05, 3.63) is 71.2 Å². The van der Waals surface area contributed by atoms with E-state index < -0.39 is 23.8 Å². The van der Waals surface area contributed by atoms with Crippen LogP contribution in [0.5, 0.6) is 0 Å². The molecular formula is C42H49N11O5. The first-order chi connectivity index (χ1) is 28.1. The highest BCUT2D eigenvalue weighted by molar-refractivity contribution is 6.23. The number of anilines is 3. The Kier molecular flexibility index (Phi) is 10.1. The first-order valence-electron chi connectivity index (χ1n) is 20.5. The summed E-state index contributed by atoms with van der Waals surface area (Å²) in [5.41, 5.74) is 4.10. The molecule has 9 rings (SSSR count). The lowest BCUT2D eigenvalue weighted by molar-refractivity contribution is -0.136. The van der Waals surface area contributed by atoms with Crippen molar-refractivity contribution in [1.82, 2.24) is 44.4 Å². The molecule has 3 saturated heterocycles. The molecule has 1 atom stereocenters. The van der Waals surface area contributed by atoms with Crippen molar-refractivity contribution in [2.24, 2.45) is 0 Å². The van der Waals surface area contributed by atoms with Crippen molar-refractivity contribution in [1.29, 1.82) is 0 Å². The van der Waals surface area contributed by atoms with E-state index in [1.807, 2.05) is 24.4 Å². The van der Waals surface area contributed by atoms with Crippen molar-refractivity contribution < 1.29 is 24.0 Å². The van der Waals surface area contributed by atoms with E-state index in [0.717, 1.165) is 105 Å². The number of hydrogen-bond donors (Lipinski definition) is 2. The molecule has 0 spiro atoms. The molecule has 58 heavy (non-hydrogen) atoms. The van der Waals surface area contributed by atoms with Crippen LogP contribution in [0.1, 0.15) is 94.2 Å². The van der Waals surface area contributed by atoms with Crippen LogP contribution in [-0.2, 0) is 16.1 Å². The fraction of sp³-hybridized carbons (Fsp3) is 0.476. The molecule has 2 N–H and O–H groups in total. The zero-order valence-electron chi connectivity index (χ0n) is 33.0. The third-order valence-corrected chi connectivity index (χ3v) is 12.5. The lowest BCUT2D eigenvalue weighted by atomic mass is 10.0. The smallest absolute Gasteiger partial charge is 0.270 e. The largest absolute Gasteiger partial charge is 0.370 e. The van der Waals surface area contributed by atoms with Gasteiger partial charge in [-0.3, -0.25) is 44.0 Å². The van der Waals surface area contributed by atoms with E-state index in [-0.39, 0.29) is 30.7 Å². The van der Waals surface area contributed by atoms with Gasteiger partial charge in [-0.25, -0.2) is 9.97 Å². The van der Waals surface area contributed by atoms with Gasteiger partial charge in [-0.15, -0.1) is 0 Å². The molecule has 302 valence electrons. The van der Waals surface area contributed by atoms with Crippen molar-refractivity contribution in [2.75, 3.05) is 63.6 Å². The molecule has 4 aliphatic heterocycles. The van der Waals surface area contributed by atoms with Crippen LogP contribution in [-0.4, -0.2) is 134 Å². The number of aromatic nitrogens is 4. The Balaban J connectivity index is 0.764. The number of carbonyl (C=O) groups excluding carboxylic acids is 5. The highest BCUT2D eigenvalue weighted by atomic mass is 16.2. The monoisotopic (exact) mass is 787 g/mol. The minimum atomic E-state index is -0.964. The van der Waals surface area contributed by atoms with Gasteiger partial charge < -0.3 is 19.7 Å². The van der Waals surface area contributed by atoms with Gasteiger partial charge >= 0.3 is 0 Å². The first kappa shape index (κ1) is 37.8. The number of nitrogens with zero attached hydrogens (tertiary/aromatic N) is 9. The van der Waals surface area contributed by atoms with Crippen molar-refractivity contribution >= 4 is 58.0 Å². The van der Waals surface area contributed by atoms with Crippen LogP contribution in [0, 0.1) is 0 Å². The summed E-state index contributed by atoms with van der Waals surface area (Å²) in [6.45, 7) is 6.30. The predicted molar refractivity (Wildman–Crippen MR) is 216 cm³/mol. The van der Waals surface area contributed by atoms with Crippen LogP contribution >= 0.6 is 0 Å². The van der Waals surface area contributed by atoms with Crippen LogP contribution in [0.4, 0.5) is 17.5 Å². The second-order valence-corrected chi connectivity index (χ2v) is 16.4. The standard InChI is InChI=1S/C42H49N11O5/c1-48(2)41(58)34-22-27-23-44-42(47-37(27)52(34)29-5-3-4-6-29)45-35-11-8-30(24-43-35)50-15-13-28(14-16-50)51-19-17-49(18-20-51)25-26-7-9-31-32(21-26)40(57)53(39(31)56)33-10-12-36(54)46-38(33)55/h7-9,11,21-24,28-29,33H,3-6,10,12-20,25H2,1-2H3,(H,46,54,55)(H,43,44,45,47). The van der Waals surface area contributed by atoms with Crippen LogP contribution < -0.4 is 15.5 Å². The van der Waals surface area contributed by atoms with E-state index in [1.165, 1.54) is 0 Å². The molecule has 16 heteroatoms. The van der Waals surface area contributed by atoms with Crippen LogP contribution in [0.2, 0.25) is 0 Å². The molecule has 1 saturated carbocycles. The topological polar surface area (TPSA) is 169 Å². The lowest BCUT2D eigenvalue weighted by Crippen LogP contribution is -2.54. The maximum Gasteiger partial charge on any atom is 0.270 e. The number of amides is 5. The minimum Gasteiger partial charge on any atom is -0.370 e. The quantitative estimate of drug-likeness (QED) is 0.237. The van der Waals surface area contributed by atoms with Gasteiger partial charge in [0, 0.05) is 90.0 Å². The maximum atomic E-state index is 13.3. The number of pyridine rings is 1. The normalized spacial score (nSPS) is 21.2. The summed E-state index contributed by atoms with van der Waals surface area (Å²) >= 11 is 0. The summed E-state index contributed by atoms with van der Waals surface area (Å²) < 4.78 is 2.11. The van der Waals surface area contributed by atoms with Crippen molar-refractivity contribution in [2.45, 2.75) is 76.0 Å². The summed E-state index contributed by atoms with van der Waals surface area (Å²) in [5.74, 6) is -0.861. The molecule has 1 aromatic carbocycles. The van der Waals surface area contributed by atoms with Gasteiger partial charge in [0.05, 0.1) is 23.0 Å². The average molecular weight is 788 g/mol. The fourth-order valence-electron chi connectivity index (χ4n) is 9.41. The predicted octanol–water partition coefficient (Wildman–Crippen LogP) is 3.57. The third kappa shape index (κ3) is 7.19. The Morgan fingerprint density at radius 3 is 2.29 bits per heavy atom. The number of piperazine rings is 1. The Hall–Kier alpha value is -5.74. The van der Waals surface area contributed by atoms with Gasteiger partial charge in [0.25, 0.3) is 17.7 Å². The van der Waals surface area contributed by atoms with Crippen LogP contribution in [0.3, 0.4) is 0 Å². The third-order valence-electron chi connectivity index (χ3n) is 12.5. The number of nitrogens with one attached hydrogen (secondary N) is 2. The molecule has 16 nitrogen and oxygen atoms in total. The van der Waals surface area contributed by atoms with Gasteiger partial charge in [0.1, 0.15) is 23.2 Å². The molecule has 5 aliphatic rings. The SMILES string of the molecule is CN(C)C(=O)c1cc2cnc(Nc3ccc(N4CCC(N5CCN(Cc6ccc7c(c6)C(=O)N(C6CCC(=O)NC6=O)C7=O)CC5)CC4)cn3)nc2n1C1CCCC1. The van der Waals surface area contributed by atoms with Gasteiger partial charge in [-0.05, 0) is 68.0 Å². The Bertz CT molecular complexity index is 2270. The molecule has 7 heterocycles. The molecular weight excluding hydrogens is 739 g/mol. The number of hydrogen-bond acceptors (Lipinski definition) is 12. The molecule has 3 aromatic heterocycles. The molecule has 0 radical (unpaired) electrons. The second-order valence-electron chi connectivity index (χ2n) is 16.4. The number of fused-ring (bicyclic) bond motifs is 2. The minimum absolute atomic E-state index is 0.0313. The molecule has 4 aromatic rings. The van der Waals surface area contributed by atoms with Gasteiger partial charge in [0.15, 0.2) is 0 Å². The Labute approximate surface area is 336 Å². The Morgan fingerprint density at radius 2 is 1.59 bits per heavy atom. The van der Waals surface area contributed by atoms with Crippen LogP contribution in [0.25, 0.3) is 11.0 Å². The van der Waals surface area contributed by atoms with E-state index in [2.05, 4.69) is 41.0 Å². The van der Waals surface area contributed by atoms with E-state index in [0.29, 0.717) is 41.2 Å².